The number of benzene rings is 2. The number of fused-ring (bicyclic) bond motifs is 5. The number of nitrogens with zero attached hydrogens (tertiary/aromatic N) is 4. The number of anilines is 1. The van der Waals surface area contributed by atoms with Gasteiger partial charge in [-0.25, -0.2) is 9.97 Å². The summed E-state index contributed by atoms with van der Waals surface area (Å²) >= 11 is 0. The summed E-state index contributed by atoms with van der Waals surface area (Å²) in [6.07, 6.45) is 15.1. The monoisotopic (exact) mass is 559 g/mol. The number of terminal acetylenes is 1. The molecule has 4 aliphatic rings. The minimum Gasteiger partial charge on any atom is -0.508 e. The van der Waals surface area contributed by atoms with Crippen LogP contribution in [0.25, 0.3) is 32.8 Å². The fraction of sp³-hybridized carbons (Fsp3) is 0.429. The summed E-state index contributed by atoms with van der Waals surface area (Å²) in [7, 11) is 0. The Morgan fingerprint density at radius 2 is 1.98 bits per heavy atom. The number of nitrogens with one attached hydrogen (secondary N) is 1. The molecule has 2 N–H and O–H groups in total. The van der Waals surface area contributed by atoms with Gasteiger partial charge in [-0.3, -0.25) is 4.90 Å². The largest absolute Gasteiger partial charge is 0.508 e. The fourth-order valence-corrected chi connectivity index (χ4v) is 8.12. The van der Waals surface area contributed by atoms with E-state index in [0.29, 0.717) is 24.4 Å². The second-order valence-corrected chi connectivity index (χ2v) is 12.8. The molecule has 6 heterocycles. The van der Waals surface area contributed by atoms with Crippen molar-refractivity contribution in [3.8, 4) is 35.2 Å². The molecule has 2 unspecified atom stereocenters. The first-order valence-corrected chi connectivity index (χ1v) is 15.5. The van der Waals surface area contributed by atoms with Gasteiger partial charge in [0.05, 0.1) is 11.2 Å². The lowest BCUT2D eigenvalue weighted by molar-refractivity contribution is 0.111. The van der Waals surface area contributed by atoms with Crippen LogP contribution in [-0.4, -0.2) is 70.9 Å². The van der Waals surface area contributed by atoms with Crippen molar-refractivity contribution in [1.29, 1.82) is 0 Å². The van der Waals surface area contributed by atoms with Crippen molar-refractivity contribution in [2.45, 2.75) is 50.1 Å². The molecule has 2 bridgehead atoms. The van der Waals surface area contributed by atoms with E-state index >= 15 is 0 Å². The summed E-state index contributed by atoms with van der Waals surface area (Å²) in [4.78, 5) is 15.1. The first kappa shape index (κ1) is 25.8. The van der Waals surface area contributed by atoms with Gasteiger partial charge < -0.3 is 20.1 Å². The maximum Gasteiger partial charge on any atom is 0.213 e. The lowest BCUT2D eigenvalue weighted by Gasteiger charge is -2.31. The molecule has 0 spiro atoms. The lowest BCUT2D eigenvalue weighted by atomic mass is 9.95. The summed E-state index contributed by atoms with van der Waals surface area (Å²) in [6.45, 7) is 6.02. The summed E-state index contributed by atoms with van der Waals surface area (Å²) < 4.78 is 6.46. The van der Waals surface area contributed by atoms with Crippen LogP contribution in [0.15, 0.2) is 48.7 Å². The summed E-state index contributed by atoms with van der Waals surface area (Å²) in [5.41, 5.74) is 2.58. The highest BCUT2D eigenvalue weighted by atomic mass is 16.5. The van der Waals surface area contributed by atoms with Crippen LogP contribution < -0.4 is 15.0 Å². The molecule has 7 nitrogen and oxygen atoms in total. The lowest BCUT2D eigenvalue weighted by Crippen LogP contribution is -2.43. The molecule has 0 aliphatic carbocycles. The standard InChI is InChI=1S/C35H37N5O2/c1-2-24-6-3-7-25-15-28(41)18-29(33(24)25)31-16-26-17-32(42-22-35-9-4-11-40(35)12-5-10-35)37-20-30(26)34(38-31)39-13-8-23-14-27(21-39)36-19-23/h1,3,6-7,15-18,20,23,27,36,41H,4-5,8-14,19,21-22H2. The summed E-state index contributed by atoms with van der Waals surface area (Å²) in [5, 5.41) is 18.3. The number of phenols is 1. The van der Waals surface area contributed by atoms with Gasteiger partial charge in [-0.2, -0.15) is 0 Å². The van der Waals surface area contributed by atoms with Gasteiger partial charge >= 0.3 is 0 Å². The zero-order valence-corrected chi connectivity index (χ0v) is 24.0. The maximum atomic E-state index is 10.7. The minimum atomic E-state index is 0.162. The van der Waals surface area contributed by atoms with E-state index in [1.54, 1.807) is 12.1 Å². The van der Waals surface area contributed by atoms with E-state index in [2.05, 4.69) is 33.2 Å². The number of phenolic OH excluding ortho intramolecular Hbond substituents is 1. The molecular formula is C35H37N5O2. The average Bonchev–Trinajstić information content (AvgIpc) is 3.68. The molecule has 4 fully saturated rings. The zero-order valence-electron chi connectivity index (χ0n) is 24.0. The molecule has 214 valence electrons. The van der Waals surface area contributed by atoms with E-state index in [0.717, 1.165) is 70.2 Å². The Labute approximate surface area is 246 Å². The Morgan fingerprint density at radius 3 is 2.83 bits per heavy atom. The van der Waals surface area contributed by atoms with Crippen LogP contribution in [-0.2, 0) is 0 Å². The smallest absolute Gasteiger partial charge is 0.213 e. The van der Waals surface area contributed by atoms with Crippen molar-refractivity contribution in [3.63, 3.8) is 0 Å². The number of ether oxygens (including phenoxy) is 1. The Bertz CT molecular complexity index is 1720. The number of hydrogen-bond donors (Lipinski definition) is 2. The van der Waals surface area contributed by atoms with E-state index in [4.69, 9.17) is 21.1 Å². The molecule has 4 aromatic rings. The van der Waals surface area contributed by atoms with Crippen molar-refractivity contribution in [3.05, 3.63) is 54.2 Å². The summed E-state index contributed by atoms with van der Waals surface area (Å²) in [6, 6.07) is 14.1. The number of pyridine rings is 2. The van der Waals surface area contributed by atoms with E-state index in [1.165, 1.54) is 45.2 Å². The van der Waals surface area contributed by atoms with E-state index in [9.17, 15) is 5.11 Å². The van der Waals surface area contributed by atoms with Crippen LogP contribution >= 0.6 is 0 Å². The van der Waals surface area contributed by atoms with E-state index < -0.39 is 0 Å². The van der Waals surface area contributed by atoms with Crippen molar-refractivity contribution in [1.82, 2.24) is 20.2 Å². The molecule has 4 aliphatic heterocycles. The topological polar surface area (TPSA) is 73.8 Å². The van der Waals surface area contributed by atoms with Crippen LogP contribution in [0.3, 0.4) is 0 Å². The van der Waals surface area contributed by atoms with Crippen molar-refractivity contribution in [2.24, 2.45) is 5.92 Å². The number of rotatable bonds is 5. The van der Waals surface area contributed by atoms with Gasteiger partial charge in [0.25, 0.3) is 0 Å². The van der Waals surface area contributed by atoms with Crippen molar-refractivity contribution >= 4 is 27.4 Å². The van der Waals surface area contributed by atoms with Crippen LogP contribution in [0.2, 0.25) is 0 Å². The SMILES string of the molecule is C#Cc1cccc2cc(O)cc(-c3cc4cc(OCC56CCCN5CCC6)ncc4c(N4CCC5CNC(C5)C4)n3)c12. The number of aromatic nitrogens is 2. The predicted molar refractivity (Wildman–Crippen MR) is 167 cm³/mol. The van der Waals surface area contributed by atoms with Crippen molar-refractivity contribution in [2.75, 3.05) is 44.2 Å². The quantitative estimate of drug-likeness (QED) is 0.320. The third-order valence-electron chi connectivity index (χ3n) is 10.2. The van der Waals surface area contributed by atoms with Crippen LogP contribution in [0, 0.1) is 18.3 Å². The minimum absolute atomic E-state index is 0.162. The van der Waals surface area contributed by atoms with Gasteiger partial charge in [-0.05, 0) is 99.1 Å². The highest BCUT2D eigenvalue weighted by Gasteiger charge is 2.45. The fourth-order valence-electron chi connectivity index (χ4n) is 8.12. The molecule has 4 saturated heterocycles. The summed E-state index contributed by atoms with van der Waals surface area (Å²) in [5.74, 6) is 5.35. The van der Waals surface area contributed by atoms with Gasteiger partial charge in [-0.15, -0.1) is 6.42 Å². The molecule has 7 heteroatoms. The Balaban J connectivity index is 1.25. The number of hydrogen-bond acceptors (Lipinski definition) is 7. The second-order valence-electron chi connectivity index (χ2n) is 12.8. The second kappa shape index (κ2) is 10.1. The molecule has 0 radical (unpaired) electrons. The number of aromatic hydroxyl groups is 1. The molecule has 2 aromatic heterocycles. The van der Waals surface area contributed by atoms with Gasteiger partial charge in [0.2, 0.25) is 5.88 Å². The zero-order chi connectivity index (χ0) is 28.3. The average molecular weight is 560 g/mol. The van der Waals surface area contributed by atoms with E-state index in [-0.39, 0.29) is 11.3 Å². The Morgan fingerprint density at radius 1 is 1.10 bits per heavy atom. The molecule has 0 saturated carbocycles. The molecule has 0 amide bonds. The highest BCUT2D eigenvalue weighted by Crippen LogP contribution is 2.41. The van der Waals surface area contributed by atoms with Gasteiger partial charge in [-0.1, -0.05) is 18.1 Å². The maximum absolute atomic E-state index is 10.7. The third-order valence-corrected chi connectivity index (χ3v) is 10.2. The molecule has 2 atom stereocenters. The predicted octanol–water partition coefficient (Wildman–Crippen LogP) is 5.33. The van der Waals surface area contributed by atoms with Crippen LogP contribution in [0.4, 0.5) is 5.82 Å². The highest BCUT2D eigenvalue weighted by molar-refractivity contribution is 6.03. The van der Waals surface area contributed by atoms with Crippen LogP contribution in [0.5, 0.6) is 11.6 Å². The van der Waals surface area contributed by atoms with Crippen molar-refractivity contribution < 1.29 is 9.84 Å². The Hall–Kier alpha value is -3.86. The molecular weight excluding hydrogens is 522 g/mol. The molecule has 8 rings (SSSR count). The first-order valence-electron chi connectivity index (χ1n) is 15.5. The third kappa shape index (κ3) is 4.36. The molecule has 42 heavy (non-hydrogen) atoms. The first-order chi connectivity index (χ1) is 20.6. The van der Waals surface area contributed by atoms with E-state index in [1.807, 2.05) is 24.4 Å². The van der Waals surface area contributed by atoms with Gasteiger partial charge in [0, 0.05) is 53.3 Å². The normalized spacial score (nSPS) is 23.3. The Kier molecular flexibility index (Phi) is 6.24. The van der Waals surface area contributed by atoms with Gasteiger partial charge in [0.15, 0.2) is 0 Å². The van der Waals surface area contributed by atoms with Gasteiger partial charge in [0.1, 0.15) is 18.2 Å². The molecule has 2 aromatic carbocycles. The van der Waals surface area contributed by atoms with Crippen LogP contribution in [0.1, 0.15) is 44.1 Å².